The minimum Gasteiger partial charge on any atom is -0.324 e. The molecule has 0 fully saturated rings. The lowest BCUT2D eigenvalue weighted by molar-refractivity contribution is 0.581. The molecule has 1 aromatic rings. The van der Waals surface area contributed by atoms with Gasteiger partial charge in [-0.15, -0.1) is 12.4 Å². The minimum atomic E-state index is 0. The van der Waals surface area contributed by atoms with Crippen molar-refractivity contribution in [1.29, 1.82) is 0 Å². The van der Waals surface area contributed by atoms with Gasteiger partial charge in [0.05, 0.1) is 5.02 Å². The summed E-state index contributed by atoms with van der Waals surface area (Å²) in [6.07, 6.45) is 4.72. The molecule has 92 valence electrons. The highest BCUT2D eigenvalue weighted by Gasteiger charge is 2.07. The SMILES string of the molecule is CCCCC[C@H](N)c1ccc(Cl)c(Br)c1.Cl. The first-order valence-electron chi connectivity index (χ1n) is 5.35. The molecule has 0 heterocycles. The van der Waals surface area contributed by atoms with Gasteiger partial charge in [0.15, 0.2) is 0 Å². The van der Waals surface area contributed by atoms with Crippen LogP contribution in [0.25, 0.3) is 0 Å². The molecule has 0 bridgehead atoms. The standard InChI is InChI=1S/C12H17BrClN.ClH/c1-2-3-4-5-12(15)9-6-7-11(14)10(13)8-9;/h6-8,12H,2-5,15H2,1H3;1H/t12-;/m0./s1. The van der Waals surface area contributed by atoms with Gasteiger partial charge < -0.3 is 5.73 Å². The average molecular weight is 327 g/mol. The number of rotatable bonds is 5. The first-order chi connectivity index (χ1) is 7.15. The number of hydrogen-bond acceptors (Lipinski definition) is 1. The Morgan fingerprint density at radius 2 is 2.06 bits per heavy atom. The summed E-state index contributed by atoms with van der Waals surface area (Å²) < 4.78 is 0.924. The predicted molar refractivity (Wildman–Crippen MR) is 77.5 cm³/mol. The maximum absolute atomic E-state index is 6.09. The number of benzene rings is 1. The van der Waals surface area contributed by atoms with Crippen LogP contribution < -0.4 is 5.73 Å². The number of nitrogens with two attached hydrogens (primary N) is 1. The molecule has 2 N–H and O–H groups in total. The summed E-state index contributed by atoms with van der Waals surface area (Å²) >= 11 is 9.33. The second-order valence-electron chi connectivity index (χ2n) is 3.78. The molecule has 0 spiro atoms. The van der Waals surface area contributed by atoms with E-state index in [1.54, 1.807) is 0 Å². The van der Waals surface area contributed by atoms with Crippen LogP contribution in [0.3, 0.4) is 0 Å². The van der Waals surface area contributed by atoms with Crippen molar-refractivity contribution >= 4 is 39.9 Å². The maximum Gasteiger partial charge on any atom is 0.0548 e. The maximum atomic E-state index is 6.09. The number of halogens is 3. The van der Waals surface area contributed by atoms with Gasteiger partial charge in [-0.25, -0.2) is 0 Å². The van der Waals surface area contributed by atoms with Gasteiger partial charge in [0, 0.05) is 10.5 Å². The summed E-state index contributed by atoms with van der Waals surface area (Å²) in [7, 11) is 0. The van der Waals surface area contributed by atoms with Crippen LogP contribution in [0.4, 0.5) is 0 Å². The third-order valence-corrected chi connectivity index (χ3v) is 3.70. The lowest BCUT2D eigenvalue weighted by Crippen LogP contribution is -2.09. The van der Waals surface area contributed by atoms with E-state index in [0.717, 1.165) is 21.5 Å². The van der Waals surface area contributed by atoms with Crippen molar-refractivity contribution in [2.45, 2.75) is 38.6 Å². The highest BCUT2D eigenvalue weighted by molar-refractivity contribution is 9.10. The summed E-state index contributed by atoms with van der Waals surface area (Å²) in [6, 6.07) is 6.04. The topological polar surface area (TPSA) is 26.0 Å². The van der Waals surface area contributed by atoms with Crippen LogP contribution in [0.2, 0.25) is 5.02 Å². The molecule has 0 unspecified atom stereocenters. The fraction of sp³-hybridized carbons (Fsp3) is 0.500. The van der Waals surface area contributed by atoms with Crippen LogP contribution >= 0.6 is 39.9 Å². The van der Waals surface area contributed by atoms with Gasteiger partial charge in [-0.3, -0.25) is 0 Å². The van der Waals surface area contributed by atoms with Crippen molar-refractivity contribution in [3.63, 3.8) is 0 Å². The Morgan fingerprint density at radius 1 is 1.38 bits per heavy atom. The Hall–Kier alpha value is 0.240. The number of hydrogen-bond donors (Lipinski definition) is 1. The molecule has 0 saturated heterocycles. The lowest BCUT2D eigenvalue weighted by atomic mass is 10.0. The highest BCUT2D eigenvalue weighted by atomic mass is 79.9. The second kappa shape index (κ2) is 8.35. The van der Waals surface area contributed by atoms with Gasteiger partial charge in [-0.1, -0.05) is 43.9 Å². The smallest absolute Gasteiger partial charge is 0.0548 e. The van der Waals surface area contributed by atoms with Crippen molar-refractivity contribution in [3.8, 4) is 0 Å². The molecule has 0 radical (unpaired) electrons. The first kappa shape index (κ1) is 16.2. The summed E-state index contributed by atoms with van der Waals surface area (Å²) in [5, 5.41) is 0.736. The minimum absolute atomic E-state index is 0. The molecule has 16 heavy (non-hydrogen) atoms. The van der Waals surface area contributed by atoms with E-state index in [0.29, 0.717) is 0 Å². The normalized spacial score (nSPS) is 12.0. The third-order valence-electron chi connectivity index (χ3n) is 2.49. The van der Waals surface area contributed by atoms with Gasteiger partial charge in [-0.05, 0) is 40.0 Å². The Bertz CT molecular complexity index is 318. The van der Waals surface area contributed by atoms with E-state index in [2.05, 4.69) is 22.9 Å². The van der Waals surface area contributed by atoms with E-state index in [1.165, 1.54) is 19.3 Å². The van der Waals surface area contributed by atoms with Gasteiger partial charge in [-0.2, -0.15) is 0 Å². The molecule has 0 aliphatic carbocycles. The predicted octanol–water partition coefficient (Wildman–Crippen LogP) is 5.10. The van der Waals surface area contributed by atoms with E-state index >= 15 is 0 Å². The molecule has 1 aromatic carbocycles. The van der Waals surface area contributed by atoms with E-state index in [-0.39, 0.29) is 18.4 Å². The fourth-order valence-electron chi connectivity index (χ4n) is 1.52. The summed E-state index contributed by atoms with van der Waals surface area (Å²) in [5.74, 6) is 0. The van der Waals surface area contributed by atoms with Crippen molar-refractivity contribution in [2.75, 3.05) is 0 Å². The zero-order chi connectivity index (χ0) is 11.3. The lowest BCUT2D eigenvalue weighted by Gasteiger charge is -2.12. The Labute approximate surface area is 117 Å². The molecule has 4 heteroatoms. The molecular formula is C12H18BrCl2N. The molecule has 1 nitrogen and oxygen atoms in total. The fourth-order valence-corrected chi connectivity index (χ4v) is 2.04. The van der Waals surface area contributed by atoms with Crippen LogP contribution in [0.5, 0.6) is 0 Å². The van der Waals surface area contributed by atoms with Gasteiger partial charge >= 0.3 is 0 Å². The van der Waals surface area contributed by atoms with Crippen molar-refractivity contribution in [2.24, 2.45) is 5.73 Å². The van der Waals surface area contributed by atoms with Crippen LogP contribution in [0, 0.1) is 0 Å². The molecule has 0 saturated carbocycles. The van der Waals surface area contributed by atoms with Crippen LogP contribution in [0.15, 0.2) is 22.7 Å². The molecule has 1 rings (SSSR count). The quantitative estimate of drug-likeness (QED) is 0.748. The molecule has 1 atom stereocenters. The summed E-state index contributed by atoms with van der Waals surface area (Å²) in [5.41, 5.74) is 7.25. The highest BCUT2D eigenvalue weighted by Crippen LogP contribution is 2.27. The monoisotopic (exact) mass is 325 g/mol. The van der Waals surface area contributed by atoms with E-state index < -0.39 is 0 Å². The van der Waals surface area contributed by atoms with E-state index in [9.17, 15) is 0 Å². The largest absolute Gasteiger partial charge is 0.324 e. The molecule has 0 amide bonds. The summed E-state index contributed by atoms with van der Waals surface area (Å²) in [4.78, 5) is 0. The van der Waals surface area contributed by atoms with E-state index in [1.807, 2.05) is 18.2 Å². The van der Waals surface area contributed by atoms with Crippen LogP contribution in [-0.2, 0) is 0 Å². The molecule has 0 aliphatic heterocycles. The third kappa shape index (κ3) is 5.05. The van der Waals surface area contributed by atoms with Crippen LogP contribution in [0.1, 0.15) is 44.2 Å². The second-order valence-corrected chi connectivity index (χ2v) is 5.04. The Morgan fingerprint density at radius 3 is 2.62 bits per heavy atom. The Kier molecular flexibility index (Phi) is 8.47. The van der Waals surface area contributed by atoms with Crippen molar-refractivity contribution in [1.82, 2.24) is 0 Å². The number of unbranched alkanes of at least 4 members (excludes halogenated alkanes) is 2. The van der Waals surface area contributed by atoms with Gasteiger partial charge in [0.25, 0.3) is 0 Å². The van der Waals surface area contributed by atoms with Crippen LogP contribution in [-0.4, -0.2) is 0 Å². The molecular weight excluding hydrogens is 309 g/mol. The average Bonchev–Trinajstić information content (AvgIpc) is 2.22. The Balaban J connectivity index is 0.00000225. The first-order valence-corrected chi connectivity index (χ1v) is 6.52. The zero-order valence-corrected chi connectivity index (χ0v) is 12.5. The van der Waals surface area contributed by atoms with Crippen molar-refractivity contribution < 1.29 is 0 Å². The zero-order valence-electron chi connectivity index (χ0n) is 9.38. The van der Waals surface area contributed by atoms with Gasteiger partial charge in [0.1, 0.15) is 0 Å². The van der Waals surface area contributed by atoms with Crippen molar-refractivity contribution in [3.05, 3.63) is 33.3 Å². The van der Waals surface area contributed by atoms with Gasteiger partial charge in [0.2, 0.25) is 0 Å². The summed E-state index contributed by atoms with van der Waals surface area (Å²) in [6.45, 7) is 2.20. The molecule has 0 aliphatic rings. The molecule has 0 aromatic heterocycles. The van der Waals surface area contributed by atoms with E-state index in [4.69, 9.17) is 17.3 Å².